The Morgan fingerprint density at radius 2 is 1.87 bits per heavy atom. The molecule has 1 amide bonds. The van der Waals surface area contributed by atoms with E-state index >= 15 is 0 Å². The number of rotatable bonds is 6. The highest BCUT2D eigenvalue weighted by Gasteiger charge is 2.59. The molecule has 0 radical (unpaired) electrons. The molecule has 1 aliphatic heterocycles. The van der Waals surface area contributed by atoms with E-state index in [1.54, 1.807) is 29.3 Å². The van der Waals surface area contributed by atoms with Crippen molar-refractivity contribution >= 4 is 11.5 Å². The second kappa shape index (κ2) is 9.26. The summed E-state index contributed by atoms with van der Waals surface area (Å²) >= 11 is 0. The number of ether oxygens (including phenoxy) is 1. The molecule has 9 nitrogen and oxygen atoms in total. The number of allylic oxidation sites excluding steroid dienone is 2. The Labute approximate surface area is 229 Å². The van der Waals surface area contributed by atoms with Gasteiger partial charge in [-0.3, -0.25) is 4.79 Å². The predicted octanol–water partition coefficient (Wildman–Crippen LogP) is 4.30. The molecular weight excluding hydrogens is 490 g/mol. The topological polar surface area (TPSA) is 112 Å². The number of aromatic nitrogens is 5. The van der Waals surface area contributed by atoms with Gasteiger partial charge in [0, 0.05) is 55.1 Å². The van der Waals surface area contributed by atoms with Gasteiger partial charge in [0.2, 0.25) is 11.8 Å². The Bertz CT molecular complexity index is 1430. The monoisotopic (exact) mass is 527 g/mol. The number of fused-ring (bicyclic) bond motifs is 1. The quantitative estimate of drug-likeness (QED) is 0.509. The van der Waals surface area contributed by atoms with E-state index in [0.717, 1.165) is 30.5 Å². The molecule has 3 aromatic heterocycles. The van der Waals surface area contributed by atoms with Crippen molar-refractivity contribution < 1.29 is 9.53 Å². The van der Waals surface area contributed by atoms with Crippen LogP contribution in [0.15, 0.2) is 42.9 Å². The highest BCUT2D eigenvalue weighted by atomic mass is 16.5. The van der Waals surface area contributed by atoms with Gasteiger partial charge in [-0.15, -0.1) is 0 Å². The van der Waals surface area contributed by atoms with Gasteiger partial charge >= 0.3 is 0 Å². The summed E-state index contributed by atoms with van der Waals surface area (Å²) in [5.41, 5.74) is 10.8. The van der Waals surface area contributed by atoms with E-state index in [-0.39, 0.29) is 12.0 Å². The van der Waals surface area contributed by atoms with Crippen molar-refractivity contribution in [1.82, 2.24) is 29.6 Å². The molecule has 9 heteroatoms. The molecule has 39 heavy (non-hydrogen) atoms. The van der Waals surface area contributed by atoms with Gasteiger partial charge in [-0.1, -0.05) is 19.9 Å². The van der Waals surface area contributed by atoms with Crippen molar-refractivity contribution in [2.75, 3.05) is 13.1 Å². The molecule has 0 aromatic carbocycles. The van der Waals surface area contributed by atoms with Crippen molar-refractivity contribution in [3.05, 3.63) is 65.4 Å². The van der Waals surface area contributed by atoms with Crippen LogP contribution in [0.4, 0.5) is 0 Å². The fraction of sp³-hybridized carbons (Fsp3) is 0.500. The summed E-state index contributed by atoms with van der Waals surface area (Å²) in [6.45, 7) is 11.8. The van der Waals surface area contributed by atoms with Crippen molar-refractivity contribution in [1.29, 1.82) is 0 Å². The third-order valence-corrected chi connectivity index (χ3v) is 8.39. The second-order valence-electron chi connectivity index (χ2n) is 12.6. The number of carbonyl (C=O) groups excluding carboxylic acids is 1. The van der Waals surface area contributed by atoms with Crippen LogP contribution in [0.2, 0.25) is 0 Å². The van der Waals surface area contributed by atoms with Crippen molar-refractivity contribution in [3.63, 3.8) is 0 Å². The average molecular weight is 528 g/mol. The Morgan fingerprint density at radius 3 is 2.51 bits per heavy atom. The van der Waals surface area contributed by atoms with Gasteiger partial charge in [0.25, 0.3) is 5.91 Å². The maximum atomic E-state index is 13.3. The maximum absolute atomic E-state index is 13.3. The molecule has 0 bridgehead atoms. The van der Waals surface area contributed by atoms with Crippen molar-refractivity contribution in [2.45, 2.75) is 65.5 Å². The zero-order chi connectivity index (χ0) is 27.5. The standard InChI is InChI=1S/C30H37N7O2/c1-18-21(17-37(35-18)28-32-11-6-12-33-28)27(38)36-15-22-23(16-36)26(22)39-25-14-20(30(4,5)31)13-24(34-25)19-7-9-29(2,3)10-8-19/h6-7,11-14,17,22-23,26H,8-10,15-16,31H2,1-5H3/t22-,23+,26?. The Morgan fingerprint density at radius 1 is 1.15 bits per heavy atom. The molecule has 3 aromatic rings. The lowest BCUT2D eigenvalue weighted by Crippen LogP contribution is -2.33. The van der Waals surface area contributed by atoms with E-state index in [9.17, 15) is 4.79 Å². The minimum atomic E-state index is -0.500. The van der Waals surface area contributed by atoms with Gasteiger partial charge in [-0.2, -0.15) is 5.10 Å². The van der Waals surface area contributed by atoms with Crippen LogP contribution in [0, 0.1) is 24.2 Å². The van der Waals surface area contributed by atoms with Gasteiger partial charge < -0.3 is 15.4 Å². The SMILES string of the molecule is Cc1nn(-c2ncccn2)cc1C(=O)N1C[C@@H]2C(Oc3cc(C(C)(C)N)cc(C4=CCC(C)(C)CC4)n3)[C@@H]2C1. The number of carbonyl (C=O) groups is 1. The van der Waals surface area contributed by atoms with Gasteiger partial charge in [0.05, 0.1) is 17.0 Å². The van der Waals surface area contributed by atoms with E-state index in [0.29, 0.717) is 53.4 Å². The van der Waals surface area contributed by atoms with E-state index in [1.165, 1.54) is 5.57 Å². The zero-order valence-electron chi connectivity index (χ0n) is 23.4. The van der Waals surface area contributed by atoms with E-state index in [4.69, 9.17) is 15.5 Å². The lowest BCUT2D eigenvalue weighted by molar-refractivity contribution is 0.0750. The van der Waals surface area contributed by atoms with Crippen LogP contribution in [0.3, 0.4) is 0 Å². The summed E-state index contributed by atoms with van der Waals surface area (Å²) in [5, 5.41) is 4.45. The number of amides is 1. The maximum Gasteiger partial charge on any atom is 0.257 e. The molecule has 204 valence electrons. The summed E-state index contributed by atoms with van der Waals surface area (Å²) in [6, 6.07) is 5.85. The Kier molecular flexibility index (Phi) is 6.10. The summed E-state index contributed by atoms with van der Waals surface area (Å²) < 4.78 is 8.01. The van der Waals surface area contributed by atoms with Gasteiger partial charge in [0.1, 0.15) is 6.10 Å². The molecule has 2 fully saturated rings. The average Bonchev–Trinajstić information content (AvgIpc) is 3.21. The zero-order valence-corrected chi connectivity index (χ0v) is 23.4. The second-order valence-corrected chi connectivity index (χ2v) is 12.6. The fourth-order valence-corrected chi connectivity index (χ4v) is 5.72. The molecule has 3 atom stereocenters. The first kappa shape index (κ1) is 25.7. The molecule has 2 N–H and O–H groups in total. The smallest absolute Gasteiger partial charge is 0.257 e. The Hall–Kier alpha value is -3.59. The van der Waals surface area contributed by atoms with Gasteiger partial charge in [-0.25, -0.2) is 19.6 Å². The van der Waals surface area contributed by atoms with Crippen LogP contribution in [0.5, 0.6) is 5.88 Å². The van der Waals surface area contributed by atoms with Crippen LogP contribution >= 0.6 is 0 Å². The predicted molar refractivity (Wildman–Crippen MR) is 148 cm³/mol. The van der Waals surface area contributed by atoms with Crippen LogP contribution in [0.25, 0.3) is 11.5 Å². The minimum absolute atomic E-state index is 0.0138. The molecule has 2 aliphatic carbocycles. The van der Waals surface area contributed by atoms with Crippen molar-refractivity contribution in [3.8, 4) is 11.8 Å². The van der Waals surface area contributed by atoms with Crippen LogP contribution in [0.1, 0.15) is 74.3 Å². The largest absolute Gasteiger partial charge is 0.474 e. The molecule has 0 spiro atoms. The lowest BCUT2D eigenvalue weighted by atomic mass is 9.77. The molecule has 6 rings (SSSR count). The van der Waals surface area contributed by atoms with Gasteiger partial charge in [-0.05, 0) is 68.7 Å². The highest BCUT2D eigenvalue weighted by Crippen LogP contribution is 2.48. The molecule has 4 heterocycles. The summed E-state index contributed by atoms with van der Waals surface area (Å²) in [7, 11) is 0. The molecule has 1 saturated carbocycles. The highest BCUT2D eigenvalue weighted by molar-refractivity contribution is 5.95. The Balaban J connectivity index is 1.14. The van der Waals surface area contributed by atoms with E-state index in [2.05, 4.69) is 41.1 Å². The first-order valence-electron chi connectivity index (χ1n) is 13.8. The number of pyridine rings is 1. The number of hydrogen-bond acceptors (Lipinski definition) is 7. The first-order chi connectivity index (χ1) is 18.5. The van der Waals surface area contributed by atoms with Crippen molar-refractivity contribution in [2.24, 2.45) is 23.0 Å². The lowest BCUT2D eigenvalue weighted by Gasteiger charge is -2.29. The molecular formula is C30H37N7O2. The van der Waals surface area contributed by atoms with Crippen LogP contribution in [-0.2, 0) is 5.54 Å². The van der Waals surface area contributed by atoms with E-state index in [1.807, 2.05) is 31.7 Å². The number of nitrogens with two attached hydrogens (primary N) is 1. The number of nitrogens with zero attached hydrogens (tertiary/aromatic N) is 6. The van der Waals surface area contributed by atoms with E-state index < -0.39 is 5.54 Å². The van der Waals surface area contributed by atoms with Gasteiger partial charge in [0.15, 0.2) is 0 Å². The minimum Gasteiger partial charge on any atom is -0.474 e. The number of hydrogen-bond donors (Lipinski definition) is 1. The molecule has 1 saturated heterocycles. The summed E-state index contributed by atoms with van der Waals surface area (Å²) in [6.07, 6.45) is 10.6. The first-order valence-corrected chi connectivity index (χ1v) is 13.8. The fourth-order valence-electron chi connectivity index (χ4n) is 5.72. The summed E-state index contributed by atoms with van der Waals surface area (Å²) in [5.74, 6) is 1.66. The van der Waals surface area contributed by atoms with Crippen LogP contribution < -0.4 is 10.5 Å². The summed E-state index contributed by atoms with van der Waals surface area (Å²) in [4.78, 5) is 28.6. The van der Waals surface area contributed by atoms with Crippen LogP contribution in [-0.4, -0.2) is 54.7 Å². The number of piperidine rings is 1. The molecule has 3 aliphatic rings. The third-order valence-electron chi connectivity index (χ3n) is 8.39. The number of aryl methyl sites for hydroxylation is 1. The third kappa shape index (κ3) is 5.07. The molecule has 1 unspecified atom stereocenters. The number of likely N-dealkylation sites (tertiary alicyclic amines) is 1. The normalized spacial score (nSPS) is 23.8.